The van der Waals surface area contributed by atoms with Gasteiger partial charge in [-0.2, -0.15) is 0 Å². The molecule has 0 saturated heterocycles. The van der Waals surface area contributed by atoms with E-state index in [0.717, 1.165) is 0 Å². The van der Waals surface area contributed by atoms with Crippen molar-refractivity contribution in [3.05, 3.63) is 18.2 Å². The molecule has 0 fully saturated rings. The Morgan fingerprint density at radius 1 is 0.576 bits per heavy atom. The first-order valence-electron chi connectivity index (χ1n) is 15.3. The van der Waals surface area contributed by atoms with Crippen LogP contribution in [0.2, 0.25) is 0 Å². The van der Waals surface area contributed by atoms with E-state index >= 15 is 0 Å². The summed E-state index contributed by atoms with van der Waals surface area (Å²) in [5.74, 6) is 2.05. The molecule has 0 aliphatic rings. The summed E-state index contributed by atoms with van der Waals surface area (Å²) in [7, 11) is 0. The average molecular weight is 461 g/mol. The number of imidazole rings is 1. The third-order valence-corrected chi connectivity index (χ3v) is 7.58. The van der Waals surface area contributed by atoms with Gasteiger partial charge in [0.15, 0.2) is 0 Å². The maximum Gasteiger partial charge on any atom is 0.111 e. The molecule has 1 aromatic heterocycles. The van der Waals surface area contributed by atoms with E-state index in [1.807, 2.05) is 0 Å². The van der Waals surface area contributed by atoms with Crippen LogP contribution in [0.5, 0.6) is 0 Å². The molecule has 0 radical (unpaired) electrons. The normalized spacial score (nSPS) is 13.5. The topological polar surface area (TPSA) is 17.8 Å². The Balaban J connectivity index is 2.41. The van der Waals surface area contributed by atoms with Crippen LogP contribution in [0.4, 0.5) is 0 Å². The highest BCUT2D eigenvalue weighted by Crippen LogP contribution is 2.30. The summed E-state index contributed by atoms with van der Waals surface area (Å²) in [5, 5.41) is 0. The number of rotatable bonds is 24. The predicted octanol–water partition coefficient (Wildman–Crippen LogP) is 11.2. The minimum absolute atomic E-state index is 0.593. The molecule has 33 heavy (non-hydrogen) atoms. The second-order valence-electron chi connectivity index (χ2n) is 10.8. The molecule has 1 rings (SSSR count). The first-order valence-corrected chi connectivity index (χ1v) is 15.3. The quantitative estimate of drug-likeness (QED) is 0.140. The molecule has 2 atom stereocenters. The fourth-order valence-corrected chi connectivity index (χ4v) is 5.29. The van der Waals surface area contributed by atoms with Crippen molar-refractivity contribution in [3.8, 4) is 0 Å². The third kappa shape index (κ3) is 14.9. The first-order chi connectivity index (χ1) is 16.2. The van der Waals surface area contributed by atoms with Crippen molar-refractivity contribution in [3.63, 3.8) is 0 Å². The molecule has 0 spiro atoms. The van der Waals surface area contributed by atoms with E-state index in [1.54, 1.807) is 0 Å². The Bertz CT molecular complexity index is 521. The molecule has 0 saturated carbocycles. The lowest BCUT2D eigenvalue weighted by Crippen LogP contribution is -2.13. The van der Waals surface area contributed by atoms with Crippen molar-refractivity contribution >= 4 is 0 Å². The smallest absolute Gasteiger partial charge is 0.111 e. The maximum absolute atomic E-state index is 4.91. The zero-order valence-corrected chi connectivity index (χ0v) is 23.3. The Morgan fingerprint density at radius 3 is 1.48 bits per heavy atom. The van der Waals surface area contributed by atoms with Gasteiger partial charge in [0.25, 0.3) is 0 Å². The molecule has 2 unspecified atom stereocenters. The number of hydrogen-bond acceptors (Lipinski definition) is 1. The van der Waals surface area contributed by atoms with Gasteiger partial charge in [-0.05, 0) is 26.2 Å². The average Bonchev–Trinajstić information content (AvgIpc) is 3.31. The zero-order chi connectivity index (χ0) is 24.0. The van der Waals surface area contributed by atoms with E-state index in [4.69, 9.17) is 4.98 Å². The van der Waals surface area contributed by atoms with Gasteiger partial charge in [-0.1, -0.05) is 143 Å². The lowest BCUT2D eigenvalue weighted by molar-refractivity contribution is 0.414. The summed E-state index contributed by atoms with van der Waals surface area (Å²) in [4.78, 5) is 4.91. The van der Waals surface area contributed by atoms with Gasteiger partial charge in [0.05, 0.1) is 0 Å². The van der Waals surface area contributed by atoms with Crippen molar-refractivity contribution in [2.24, 2.45) is 0 Å². The van der Waals surface area contributed by atoms with Crippen LogP contribution in [0.25, 0.3) is 0 Å². The van der Waals surface area contributed by atoms with Gasteiger partial charge >= 0.3 is 0 Å². The molecule has 0 bridgehead atoms. The Kier molecular flexibility index (Phi) is 19.9. The molecule has 2 heteroatoms. The van der Waals surface area contributed by atoms with E-state index in [9.17, 15) is 0 Å². The van der Waals surface area contributed by atoms with Crippen molar-refractivity contribution in [1.29, 1.82) is 0 Å². The Labute approximate surface area is 208 Å². The second-order valence-corrected chi connectivity index (χ2v) is 10.8. The zero-order valence-electron chi connectivity index (χ0n) is 23.3. The van der Waals surface area contributed by atoms with E-state index in [0.29, 0.717) is 12.0 Å². The number of aromatic nitrogens is 2. The standard InChI is InChI=1S/C31H60N2/c1-5-8-11-13-15-16-17-18-20-23-26-30(25-21-10-7-3)31-32-27-28-33(31)29(4)24-22-19-14-12-9-6-2/h27-30H,5-26H2,1-4H3. The van der Waals surface area contributed by atoms with Crippen molar-refractivity contribution in [2.75, 3.05) is 0 Å². The lowest BCUT2D eigenvalue weighted by atomic mass is 9.93. The molecule has 0 aliphatic carbocycles. The number of unbranched alkanes of at least 4 members (excludes halogenated alkanes) is 16. The summed E-state index contributed by atoms with van der Waals surface area (Å²) in [6, 6.07) is 0.593. The van der Waals surface area contributed by atoms with Crippen molar-refractivity contribution < 1.29 is 0 Å². The minimum Gasteiger partial charge on any atom is -0.332 e. The minimum atomic E-state index is 0.593. The van der Waals surface area contributed by atoms with Crippen molar-refractivity contribution in [2.45, 2.75) is 181 Å². The fraction of sp³-hybridized carbons (Fsp3) is 0.903. The van der Waals surface area contributed by atoms with Crippen LogP contribution in [-0.2, 0) is 0 Å². The van der Waals surface area contributed by atoms with E-state index < -0.39 is 0 Å². The highest BCUT2D eigenvalue weighted by molar-refractivity contribution is 5.02. The summed E-state index contributed by atoms with van der Waals surface area (Å²) in [5.41, 5.74) is 0. The molecule has 1 heterocycles. The summed E-state index contributed by atoms with van der Waals surface area (Å²) in [6.07, 6.45) is 34.9. The molecule has 2 nitrogen and oxygen atoms in total. The van der Waals surface area contributed by atoms with E-state index in [1.165, 1.54) is 147 Å². The van der Waals surface area contributed by atoms with E-state index in [2.05, 4.69) is 44.7 Å². The Hall–Kier alpha value is -0.790. The van der Waals surface area contributed by atoms with Gasteiger partial charge in [-0.3, -0.25) is 0 Å². The van der Waals surface area contributed by atoms with Crippen LogP contribution < -0.4 is 0 Å². The fourth-order valence-electron chi connectivity index (χ4n) is 5.29. The van der Waals surface area contributed by atoms with Crippen LogP contribution >= 0.6 is 0 Å². The molecule has 0 aromatic carbocycles. The molecule has 0 aliphatic heterocycles. The highest BCUT2D eigenvalue weighted by atomic mass is 15.1. The van der Waals surface area contributed by atoms with Crippen molar-refractivity contribution in [1.82, 2.24) is 9.55 Å². The van der Waals surface area contributed by atoms with Gasteiger partial charge in [-0.25, -0.2) is 4.98 Å². The van der Waals surface area contributed by atoms with Crippen LogP contribution in [0, 0.1) is 0 Å². The first kappa shape index (κ1) is 30.2. The number of nitrogens with zero attached hydrogens (tertiary/aromatic N) is 2. The largest absolute Gasteiger partial charge is 0.332 e. The van der Waals surface area contributed by atoms with Gasteiger partial charge in [0.2, 0.25) is 0 Å². The van der Waals surface area contributed by atoms with Crippen LogP contribution in [-0.4, -0.2) is 9.55 Å². The van der Waals surface area contributed by atoms with Crippen LogP contribution in [0.3, 0.4) is 0 Å². The third-order valence-electron chi connectivity index (χ3n) is 7.58. The van der Waals surface area contributed by atoms with Gasteiger partial charge in [0, 0.05) is 24.4 Å². The van der Waals surface area contributed by atoms with Gasteiger partial charge < -0.3 is 4.57 Å². The van der Waals surface area contributed by atoms with Gasteiger partial charge in [-0.15, -0.1) is 0 Å². The van der Waals surface area contributed by atoms with Crippen LogP contribution in [0.1, 0.15) is 187 Å². The lowest BCUT2D eigenvalue weighted by Gasteiger charge is -2.22. The molecule has 0 amide bonds. The summed E-state index contributed by atoms with van der Waals surface area (Å²) in [6.45, 7) is 9.34. The van der Waals surface area contributed by atoms with Gasteiger partial charge in [0.1, 0.15) is 5.82 Å². The molecule has 1 aromatic rings. The Morgan fingerprint density at radius 2 is 0.970 bits per heavy atom. The number of hydrogen-bond donors (Lipinski definition) is 0. The van der Waals surface area contributed by atoms with E-state index in [-0.39, 0.29) is 0 Å². The summed E-state index contributed by atoms with van der Waals surface area (Å²) < 4.78 is 2.54. The summed E-state index contributed by atoms with van der Waals surface area (Å²) >= 11 is 0. The molecular formula is C31H60N2. The molecular weight excluding hydrogens is 400 g/mol. The maximum atomic E-state index is 4.91. The SMILES string of the molecule is CCCCCCCCCCCCC(CCCCC)c1nccn1C(C)CCCCCCCC. The monoisotopic (exact) mass is 460 g/mol. The second kappa shape index (κ2) is 21.7. The highest BCUT2D eigenvalue weighted by Gasteiger charge is 2.19. The van der Waals surface area contributed by atoms with Crippen LogP contribution in [0.15, 0.2) is 12.4 Å². The predicted molar refractivity (Wildman–Crippen MR) is 148 cm³/mol. The molecule has 0 N–H and O–H groups in total. The molecule has 194 valence electrons.